The SMILES string of the molecule is COc1c(C)c(C)c(Br)c(C)c1NCCNC(C)C. The van der Waals surface area contributed by atoms with Crippen molar-refractivity contribution in [3.8, 4) is 5.75 Å². The molecule has 19 heavy (non-hydrogen) atoms. The highest BCUT2D eigenvalue weighted by Crippen LogP contribution is 2.39. The zero-order valence-electron chi connectivity index (χ0n) is 12.8. The molecule has 0 amide bonds. The van der Waals surface area contributed by atoms with Crippen LogP contribution in [0.25, 0.3) is 0 Å². The minimum absolute atomic E-state index is 0.510. The molecule has 1 rings (SSSR count). The van der Waals surface area contributed by atoms with Gasteiger partial charge in [-0.25, -0.2) is 0 Å². The molecule has 0 atom stereocenters. The first-order valence-electron chi connectivity index (χ1n) is 6.70. The van der Waals surface area contributed by atoms with Crippen molar-refractivity contribution < 1.29 is 4.74 Å². The summed E-state index contributed by atoms with van der Waals surface area (Å²) in [7, 11) is 1.73. The van der Waals surface area contributed by atoms with Gasteiger partial charge in [0.15, 0.2) is 0 Å². The van der Waals surface area contributed by atoms with E-state index < -0.39 is 0 Å². The molecular formula is C15H25BrN2O. The van der Waals surface area contributed by atoms with Crippen molar-refractivity contribution in [1.82, 2.24) is 5.32 Å². The van der Waals surface area contributed by atoms with E-state index in [1.54, 1.807) is 7.11 Å². The number of halogens is 1. The van der Waals surface area contributed by atoms with Crippen LogP contribution in [0.4, 0.5) is 5.69 Å². The van der Waals surface area contributed by atoms with E-state index >= 15 is 0 Å². The lowest BCUT2D eigenvalue weighted by atomic mass is 10.0. The molecule has 108 valence electrons. The van der Waals surface area contributed by atoms with Gasteiger partial charge < -0.3 is 15.4 Å². The maximum atomic E-state index is 5.57. The maximum absolute atomic E-state index is 5.57. The monoisotopic (exact) mass is 328 g/mol. The van der Waals surface area contributed by atoms with E-state index in [-0.39, 0.29) is 0 Å². The van der Waals surface area contributed by atoms with Crippen LogP contribution in [0.2, 0.25) is 0 Å². The van der Waals surface area contributed by atoms with Gasteiger partial charge in [-0.05, 0) is 37.5 Å². The van der Waals surface area contributed by atoms with Crippen LogP contribution in [0, 0.1) is 20.8 Å². The Morgan fingerprint density at radius 3 is 2.21 bits per heavy atom. The third-order valence-electron chi connectivity index (χ3n) is 3.35. The minimum atomic E-state index is 0.510. The van der Waals surface area contributed by atoms with Crippen LogP contribution < -0.4 is 15.4 Å². The molecule has 0 radical (unpaired) electrons. The first kappa shape index (κ1) is 16.3. The van der Waals surface area contributed by atoms with Gasteiger partial charge >= 0.3 is 0 Å². The molecule has 2 N–H and O–H groups in total. The molecule has 0 aliphatic rings. The van der Waals surface area contributed by atoms with Crippen LogP contribution in [-0.4, -0.2) is 26.2 Å². The van der Waals surface area contributed by atoms with Crippen LogP contribution in [0.5, 0.6) is 5.75 Å². The quantitative estimate of drug-likeness (QED) is 0.779. The summed E-state index contributed by atoms with van der Waals surface area (Å²) in [5.41, 5.74) is 4.70. The van der Waals surface area contributed by atoms with Crippen molar-refractivity contribution in [3.05, 3.63) is 21.2 Å². The standard InChI is InChI=1S/C15H25BrN2O/c1-9(2)17-7-8-18-14-12(5)13(16)10(3)11(4)15(14)19-6/h9,17-18H,7-8H2,1-6H3. The second-order valence-electron chi connectivity index (χ2n) is 5.13. The first-order valence-corrected chi connectivity index (χ1v) is 7.49. The van der Waals surface area contributed by atoms with Gasteiger partial charge in [0, 0.05) is 23.6 Å². The molecule has 0 saturated heterocycles. The second-order valence-corrected chi connectivity index (χ2v) is 5.93. The van der Waals surface area contributed by atoms with Gasteiger partial charge in [-0.15, -0.1) is 0 Å². The summed E-state index contributed by atoms with van der Waals surface area (Å²) in [5.74, 6) is 0.947. The highest BCUT2D eigenvalue weighted by Gasteiger charge is 2.16. The molecule has 0 spiro atoms. The molecular weight excluding hydrogens is 304 g/mol. The fourth-order valence-corrected chi connectivity index (χ4v) is 2.60. The van der Waals surface area contributed by atoms with E-state index in [9.17, 15) is 0 Å². The van der Waals surface area contributed by atoms with E-state index in [0.29, 0.717) is 6.04 Å². The smallest absolute Gasteiger partial charge is 0.145 e. The Balaban J connectivity index is 2.93. The Hall–Kier alpha value is -0.740. The first-order chi connectivity index (χ1) is 8.90. The van der Waals surface area contributed by atoms with Gasteiger partial charge in [0.2, 0.25) is 0 Å². The number of nitrogens with one attached hydrogen (secondary N) is 2. The van der Waals surface area contributed by atoms with E-state index in [0.717, 1.165) is 29.0 Å². The number of ether oxygens (including phenoxy) is 1. The Kier molecular flexibility index (Phi) is 6.14. The van der Waals surface area contributed by atoms with Gasteiger partial charge in [-0.3, -0.25) is 0 Å². The van der Waals surface area contributed by atoms with E-state index in [1.165, 1.54) is 16.7 Å². The Bertz CT molecular complexity index is 445. The number of hydrogen-bond donors (Lipinski definition) is 2. The predicted octanol–water partition coefficient (Wildman–Crippen LogP) is 3.79. The fourth-order valence-electron chi connectivity index (χ4n) is 2.10. The lowest BCUT2D eigenvalue weighted by Gasteiger charge is -2.20. The normalized spacial score (nSPS) is 10.9. The average molecular weight is 329 g/mol. The number of rotatable bonds is 6. The molecule has 0 heterocycles. The van der Waals surface area contributed by atoms with Gasteiger partial charge in [-0.1, -0.05) is 29.8 Å². The van der Waals surface area contributed by atoms with Crippen molar-refractivity contribution in [3.63, 3.8) is 0 Å². The molecule has 0 bridgehead atoms. The molecule has 0 fully saturated rings. The van der Waals surface area contributed by atoms with Crippen LogP contribution >= 0.6 is 15.9 Å². The molecule has 1 aromatic carbocycles. The summed E-state index contributed by atoms with van der Waals surface area (Å²) in [6.45, 7) is 12.4. The molecule has 0 aliphatic carbocycles. The Labute approximate surface area is 125 Å². The third kappa shape index (κ3) is 3.86. The highest BCUT2D eigenvalue weighted by atomic mass is 79.9. The molecule has 0 saturated carbocycles. The summed E-state index contributed by atoms with van der Waals surface area (Å²) in [6.07, 6.45) is 0. The van der Waals surface area contributed by atoms with Crippen LogP contribution in [-0.2, 0) is 0 Å². The highest BCUT2D eigenvalue weighted by molar-refractivity contribution is 9.10. The molecule has 3 nitrogen and oxygen atoms in total. The van der Waals surface area contributed by atoms with E-state index in [1.807, 2.05) is 0 Å². The van der Waals surface area contributed by atoms with Crippen molar-refractivity contribution >= 4 is 21.6 Å². The number of anilines is 1. The van der Waals surface area contributed by atoms with Crippen molar-refractivity contribution in [2.24, 2.45) is 0 Å². The summed E-state index contributed by atoms with van der Waals surface area (Å²) >= 11 is 3.67. The largest absolute Gasteiger partial charge is 0.494 e. The molecule has 1 aromatic rings. The molecule has 0 aliphatic heterocycles. The summed E-state index contributed by atoms with van der Waals surface area (Å²) < 4.78 is 6.72. The van der Waals surface area contributed by atoms with Crippen LogP contribution in [0.15, 0.2) is 4.47 Å². The molecule has 4 heteroatoms. The lowest BCUT2D eigenvalue weighted by Crippen LogP contribution is -2.28. The summed E-state index contributed by atoms with van der Waals surface area (Å²) in [5, 5.41) is 6.88. The number of benzene rings is 1. The van der Waals surface area contributed by atoms with E-state index in [2.05, 4.69) is 61.2 Å². The van der Waals surface area contributed by atoms with Crippen LogP contribution in [0.3, 0.4) is 0 Å². The molecule has 0 aromatic heterocycles. The Morgan fingerprint density at radius 2 is 1.68 bits per heavy atom. The predicted molar refractivity (Wildman–Crippen MR) is 86.5 cm³/mol. The zero-order chi connectivity index (χ0) is 14.6. The van der Waals surface area contributed by atoms with Crippen molar-refractivity contribution in [1.29, 1.82) is 0 Å². The Morgan fingerprint density at radius 1 is 1.05 bits per heavy atom. The average Bonchev–Trinajstić information content (AvgIpc) is 2.37. The lowest BCUT2D eigenvalue weighted by molar-refractivity contribution is 0.412. The van der Waals surface area contributed by atoms with Crippen molar-refractivity contribution in [2.75, 3.05) is 25.5 Å². The number of methoxy groups -OCH3 is 1. The minimum Gasteiger partial charge on any atom is -0.494 e. The van der Waals surface area contributed by atoms with Gasteiger partial charge in [-0.2, -0.15) is 0 Å². The van der Waals surface area contributed by atoms with Gasteiger partial charge in [0.1, 0.15) is 5.75 Å². The summed E-state index contributed by atoms with van der Waals surface area (Å²) in [4.78, 5) is 0. The van der Waals surface area contributed by atoms with E-state index in [4.69, 9.17) is 4.74 Å². The summed E-state index contributed by atoms with van der Waals surface area (Å²) in [6, 6.07) is 0.510. The number of hydrogen-bond acceptors (Lipinski definition) is 3. The third-order valence-corrected chi connectivity index (χ3v) is 4.54. The van der Waals surface area contributed by atoms with Crippen LogP contribution in [0.1, 0.15) is 30.5 Å². The van der Waals surface area contributed by atoms with Gasteiger partial charge in [0.25, 0.3) is 0 Å². The molecule has 0 unspecified atom stereocenters. The second kappa shape index (κ2) is 7.15. The van der Waals surface area contributed by atoms with Gasteiger partial charge in [0.05, 0.1) is 12.8 Å². The fraction of sp³-hybridized carbons (Fsp3) is 0.600. The zero-order valence-corrected chi connectivity index (χ0v) is 14.4. The maximum Gasteiger partial charge on any atom is 0.145 e. The topological polar surface area (TPSA) is 33.3 Å². The van der Waals surface area contributed by atoms with Crippen molar-refractivity contribution in [2.45, 2.75) is 40.7 Å².